The lowest BCUT2D eigenvalue weighted by atomic mass is 10.0. The highest BCUT2D eigenvalue weighted by Gasteiger charge is 2.35. The molecule has 0 aliphatic carbocycles. The van der Waals surface area contributed by atoms with E-state index in [4.69, 9.17) is 14.6 Å². The third-order valence-corrected chi connectivity index (χ3v) is 5.19. The minimum absolute atomic E-state index is 0.00286. The van der Waals surface area contributed by atoms with E-state index in [-0.39, 0.29) is 17.9 Å². The zero-order valence-corrected chi connectivity index (χ0v) is 19.9. The molecule has 1 heterocycles. The summed E-state index contributed by atoms with van der Waals surface area (Å²) < 4.78 is 16.4. The molecule has 10 heteroatoms. The van der Waals surface area contributed by atoms with Gasteiger partial charge in [0.05, 0.1) is 19.3 Å². The number of methoxy groups -OCH3 is 1. The molecule has 0 atom stereocenters. The predicted molar refractivity (Wildman–Crippen MR) is 129 cm³/mol. The van der Waals surface area contributed by atoms with Crippen molar-refractivity contribution in [2.45, 2.75) is 20.0 Å². The van der Waals surface area contributed by atoms with Crippen molar-refractivity contribution in [1.29, 1.82) is 0 Å². The zero-order chi connectivity index (χ0) is 26.2. The van der Waals surface area contributed by atoms with Crippen LogP contribution >= 0.6 is 0 Å². The molecule has 2 aromatic carbocycles. The van der Waals surface area contributed by atoms with Gasteiger partial charge in [-0.15, -0.1) is 6.58 Å². The highest BCUT2D eigenvalue weighted by molar-refractivity contribution is 6.15. The first-order valence-electron chi connectivity index (χ1n) is 11.0. The Kier molecular flexibility index (Phi) is 8.45. The fourth-order valence-electron chi connectivity index (χ4n) is 3.48. The van der Waals surface area contributed by atoms with Gasteiger partial charge in [-0.25, -0.2) is 14.5 Å². The minimum atomic E-state index is -1.01. The lowest BCUT2D eigenvalue weighted by Gasteiger charge is -2.17. The maximum Gasteiger partial charge on any atom is 0.335 e. The summed E-state index contributed by atoms with van der Waals surface area (Å²) in [5.41, 5.74) is 2.24. The van der Waals surface area contributed by atoms with Crippen LogP contribution in [0.3, 0.4) is 0 Å². The summed E-state index contributed by atoms with van der Waals surface area (Å²) in [5.74, 6) is -1.47. The molecule has 2 N–H and O–H groups in total. The molecule has 3 amide bonds. The molecule has 1 aliphatic heterocycles. The second-order valence-electron chi connectivity index (χ2n) is 7.68. The Labute approximate surface area is 207 Å². The van der Waals surface area contributed by atoms with Crippen LogP contribution in [0.2, 0.25) is 0 Å². The largest absolute Gasteiger partial charge is 0.490 e. The van der Waals surface area contributed by atoms with Crippen molar-refractivity contribution in [1.82, 2.24) is 10.2 Å². The first-order chi connectivity index (χ1) is 17.3. The van der Waals surface area contributed by atoms with Gasteiger partial charge in [0.15, 0.2) is 11.5 Å². The van der Waals surface area contributed by atoms with Crippen molar-refractivity contribution in [2.75, 3.05) is 20.3 Å². The number of carbonyl (C=O) groups is 4. The van der Waals surface area contributed by atoms with E-state index < -0.39 is 30.4 Å². The fourth-order valence-corrected chi connectivity index (χ4v) is 3.48. The number of urea groups is 1. The number of esters is 1. The van der Waals surface area contributed by atoms with E-state index in [2.05, 4.69) is 16.6 Å². The Morgan fingerprint density at radius 1 is 1.14 bits per heavy atom. The Morgan fingerprint density at radius 3 is 2.47 bits per heavy atom. The van der Waals surface area contributed by atoms with E-state index >= 15 is 0 Å². The third kappa shape index (κ3) is 6.09. The Bertz CT molecular complexity index is 1220. The number of rotatable bonds is 11. The molecule has 0 radical (unpaired) electrons. The van der Waals surface area contributed by atoms with Gasteiger partial charge >= 0.3 is 18.0 Å². The highest BCUT2D eigenvalue weighted by atomic mass is 16.5. The van der Waals surface area contributed by atoms with Crippen LogP contribution in [0.25, 0.3) is 6.08 Å². The molecule has 0 aromatic heterocycles. The molecule has 36 heavy (non-hydrogen) atoms. The number of allylic oxidation sites excluding steroid dienone is 1. The molecule has 1 aliphatic rings. The number of imide groups is 1. The number of benzene rings is 2. The molecule has 188 valence electrons. The summed E-state index contributed by atoms with van der Waals surface area (Å²) in [4.78, 5) is 48.2. The number of nitrogens with one attached hydrogen (secondary N) is 1. The topological polar surface area (TPSA) is 131 Å². The standard InChI is InChI=1S/C26H26N2O8/c1-4-6-19-11-17(12-20-24(30)28(26(33)27-20)14-22(29)34-3)13-21(35-5-2)23(19)36-15-16-7-9-18(10-8-16)25(31)32/h4,7-13H,1,5-6,14-15H2,2-3H3,(H,27,33)(H,31,32)/b20-12+. The summed E-state index contributed by atoms with van der Waals surface area (Å²) in [5, 5.41) is 11.5. The van der Waals surface area contributed by atoms with Crippen LogP contribution in [0.5, 0.6) is 11.5 Å². The summed E-state index contributed by atoms with van der Waals surface area (Å²) in [6.07, 6.45) is 3.61. The van der Waals surface area contributed by atoms with Gasteiger partial charge in [0.1, 0.15) is 18.8 Å². The number of hydrogen-bond donors (Lipinski definition) is 2. The van der Waals surface area contributed by atoms with Gasteiger partial charge < -0.3 is 24.6 Å². The average molecular weight is 495 g/mol. The molecular formula is C26H26N2O8. The van der Waals surface area contributed by atoms with Gasteiger partial charge in [0, 0.05) is 5.56 Å². The molecule has 0 saturated carbocycles. The number of nitrogens with zero attached hydrogens (tertiary/aromatic N) is 1. The monoisotopic (exact) mass is 494 g/mol. The zero-order valence-electron chi connectivity index (χ0n) is 19.9. The summed E-state index contributed by atoms with van der Waals surface area (Å²) >= 11 is 0. The second-order valence-corrected chi connectivity index (χ2v) is 7.68. The molecule has 10 nitrogen and oxygen atoms in total. The SMILES string of the molecule is C=CCc1cc(/C=C2/NC(=O)N(CC(=O)OC)C2=O)cc(OCC)c1OCc1ccc(C(=O)O)cc1. The third-order valence-electron chi connectivity index (χ3n) is 5.19. The lowest BCUT2D eigenvalue weighted by Crippen LogP contribution is -2.36. The quantitative estimate of drug-likeness (QED) is 0.211. The number of ether oxygens (including phenoxy) is 3. The van der Waals surface area contributed by atoms with Gasteiger partial charge in [0.25, 0.3) is 5.91 Å². The van der Waals surface area contributed by atoms with Crippen molar-refractivity contribution < 1.29 is 38.5 Å². The number of carboxylic acids is 1. The van der Waals surface area contributed by atoms with Crippen LogP contribution in [0.15, 0.2) is 54.8 Å². The molecular weight excluding hydrogens is 468 g/mol. The predicted octanol–water partition coefficient (Wildman–Crippen LogP) is 3.16. The Balaban J connectivity index is 1.90. The molecule has 3 rings (SSSR count). The number of aromatic carboxylic acids is 1. The molecule has 0 unspecified atom stereocenters. The van der Waals surface area contributed by atoms with Crippen molar-refractivity contribution in [3.05, 3.63) is 77.0 Å². The Morgan fingerprint density at radius 2 is 1.86 bits per heavy atom. The van der Waals surface area contributed by atoms with Crippen LogP contribution in [0, 0.1) is 0 Å². The van der Waals surface area contributed by atoms with E-state index in [1.807, 2.05) is 6.92 Å². The van der Waals surface area contributed by atoms with Crippen molar-refractivity contribution in [2.24, 2.45) is 0 Å². The number of carbonyl (C=O) groups excluding carboxylic acids is 3. The van der Waals surface area contributed by atoms with Crippen LogP contribution in [0.1, 0.15) is 34.0 Å². The highest BCUT2D eigenvalue weighted by Crippen LogP contribution is 2.35. The van der Waals surface area contributed by atoms with Crippen molar-refractivity contribution >= 4 is 30.0 Å². The maximum absolute atomic E-state index is 12.6. The number of carboxylic acid groups (broad SMARTS) is 1. The van der Waals surface area contributed by atoms with Gasteiger partial charge in [-0.2, -0.15) is 0 Å². The molecule has 1 saturated heterocycles. The smallest absolute Gasteiger partial charge is 0.335 e. The summed E-state index contributed by atoms with van der Waals surface area (Å²) in [7, 11) is 1.17. The van der Waals surface area contributed by atoms with Crippen LogP contribution in [-0.4, -0.2) is 54.1 Å². The van der Waals surface area contributed by atoms with Gasteiger partial charge in [-0.1, -0.05) is 18.2 Å². The van der Waals surface area contributed by atoms with E-state index in [1.165, 1.54) is 25.3 Å². The normalized spacial score (nSPS) is 13.9. The molecule has 0 spiro atoms. The molecule has 1 fully saturated rings. The van der Waals surface area contributed by atoms with Crippen LogP contribution < -0.4 is 14.8 Å². The van der Waals surface area contributed by atoms with Gasteiger partial charge in [-0.05, 0) is 54.8 Å². The van der Waals surface area contributed by atoms with Crippen LogP contribution in [0.4, 0.5) is 4.79 Å². The van der Waals surface area contributed by atoms with Gasteiger partial charge in [0.2, 0.25) is 0 Å². The summed E-state index contributed by atoms with van der Waals surface area (Å²) in [6.45, 7) is 5.63. The first-order valence-corrected chi connectivity index (χ1v) is 11.0. The summed E-state index contributed by atoms with van der Waals surface area (Å²) in [6, 6.07) is 9.08. The van der Waals surface area contributed by atoms with E-state index in [9.17, 15) is 19.2 Å². The van der Waals surface area contributed by atoms with Crippen LogP contribution in [-0.2, 0) is 27.4 Å². The van der Waals surface area contributed by atoms with Crippen molar-refractivity contribution in [3.63, 3.8) is 0 Å². The van der Waals surface area contributed by atoms with Crippen molar-refractivity contribution in [3.8, 4) is 11.5 Å². The number of amides is 3. The minimum Gasteiger partial charge on any atom is -0.490 e. The average Bonchev–Trinajstić information content (AvgIpc) is 3.11. The Hall–Kier alpha value is -4.60. The van der Waals surface area contributed by atoms with E-state index in [0.717, 1.165) is 16.0 Å². The molecule has 0 bridgehead atoms. The van der Waals surface area contributed by atoms with Gasteiger partial charge in [-0.3, -0.25) is 9.59 Å². The lowest BCUT2D eigenvalue weighted by molar-refractivity contribution is -0.143. The fraction of sp³-hybridized carbons (Fsp3) is 0.231. The number of hydrogen-bond acceptors (Lipinski definition) is 7. The van der Waals surface area contributed by atoms with E-state index in [1.54, 1.807) is 30.3 Å². The first kappa shape index (κ1) is 26.0. The van der Waals surface area contributed by atoms with E-state index in [0.29, 0.717) is 30.1 Å². The maximum atomic E-state index is 12.6. The second kappa shape index (κ2) is 11.7. The molecule has 2 aromatic rings.